The first kappa shape index (κ1) is 29.2. The molecular weight excluding hydrogens is 579 g/mol. The third-order valence-corrected chi connectivity index (χ3v) is 7.44. The van der Waals surface area contributed by atoms with E-state index in [2.05, 4.69) is 21.2 Å². The minimum atomic E-state index is -0.694. The summed E-state index contributed by atoms with van der Waals surface area (Å²) in [7, 11) is 1.50. The van der Waals surface area contributed by atoms with Crippen LogP contribution in [0.25, 0.3) is 0 Å². The first-order valence-electron chi connectivity index (χ1n) is 13.0. The molecule has 0 aliphatic carbocycles. The second kappa shape index (κ2) is 13.1. The molecule has 40 heavy (non-hydrogen) atoms. The third kappa shape index (κ3) is 7.45. The van der Waals surface area contributed by atoms with Crippen LogP contribution in [0.5, 0.6) is 11.5 Å². The third-order valence-electron chi connectivity index (χ3n) is 6.91. The lowest BCUT2D eigenvalue weighted by molar-refractivity contribution is -0.152. The van der Waals surface area contributed by atoms with Gasteiger partial charge >= 0.3 is 11.8 Å². The fourth-order valence-corrected chi connectivity index (χ4v) is 4.68. The van der Waals surface area contributed by atoms with E-state index in [1.807, 2.05) is 49.1 Å². The van der Waals surface area contributed by atoms with E-state index in [1.165, 1.54) is 35.0 Å². The molecule has 1 aliphatic rings. The number of ether oxygens (including phenoxy) is 1. The van der Waals surface area contributed by atoms with Crippen LogP contribution >= 0.6 is 15.9 Å². The van der Waals surface area contributed by atoms with Crippen molar-refractivity contribution in [3.63, 3.8) is 0 Å². The molecule has 1 saturated heterocycles. The topological polar surface area (TPSA) is 82.2 Å². The highest BCUT2D eigenvalue weighted by atomic mass is 79.9. The molecule has 0 saturated carbocycles. The Morgan fingerprint density at radius 2 is 1.70 bits per heavy atom. The first-order chi connectivity index (χ1) is 19.1. The molecule has 0 atom stereocenters. The second-order valence-corrected chi connectivity index (χ2v) is 10.7. The number of amides is 3. The zero-order chi connectivity index (χ0) is 28.8. The van der Waals surface area contributed by atoms with Crippen molar-refractivity contribution in [1.82, 2.24) is 14.7 Å². The number of hydrogen-bond acceptors (Lipinski definition) is 5. The van der Waals surface area contributed by atoms with E-state index in [0.29, 0.717) is 43.2 Å². The SMILES string of the molecule is Cc1cccc(NC(=O)CN2CCN(C(=O)C(=O)N(C)Cc3cc(F)ccc3Oc3ccc(Br)cc3)CC2)c1C. The van der Waals surface area contributed by atoms with Gasteiger partial charge in [0.25, 0.3) is 0 Å². The number of rotatable bonds is 7. The molecule has 3 aromatic carbocycles. The monoisotopic (exact) mass is 610 g/mol. The summed E-state index contributed by atoms with van der Waals surface area (Å²) in [5.74, 6) is -0.970. The van der Waals surface area contributed by atoms with Crippen molar-refractivity contribution in [2.24, 2.45) is 0 Å². The number of nitrogens with one attached hydrogen (secondary N) is 1. The smallest absolute Gasteiger partial charge is 0.312 e. The van der Waals surface area contributed by atoms with Crippen molar-refractivity contribution >= 4 is 39.3 Å². The zero-order valence-electron chi connectivity index (χ0n) is 22.7. The molecule has 4 rings (SSSR count). The maximum atomic E-state index is 14.1. The van der Waals surface area contributed by atoms with Crippen LogP contribution < -0.4 is 10.1 Å². The predicted octanol–water partition coefficient (Wildman–Crippen LogP) is 4.74. The summed E-state index contributed by atoms with van der Waals surface area (Å²) in [5.41, 5.74) is 3.35. The number of anilines is 1. The number of piperazine rings is 1. The van der Waals surface area contributed by atoms with Gasteiger partial charge in [0.15, 0.2) is 0 Å². The highest BCUT2D eigenvalue weighted by molar-refractivity contribution is 9.10. The van der Waals surface area contributed by atoms with E-state index in [9.17, 15) is 18.8 Å². The van der Waals surface area contributed by atoms with Gasteiger partial charge in [0.05, 0.1) is 6.54 Å². The summed E-state index contributed by atoms with van der Waals surface area (Å²) in [6.45, 7) is 5.75. The molecule has 1 N–H and O–H groups in total. The predicted molar refractivity (Wildman–Crippen MR) is 155 cm³/mol. The van der Waals surface area contributed by atoms with Crippen LogP contribution in [-0.4, -0.2) is 72.2 Å². The Labute approximate surface area is 241 Å². The number of aryl methyl sites for hydroxylation is 1. The highest BCUT2D eigenvalue weighted by Crippen LogP contribution is 2.28. The maximum absolute atomic E-state index is 14.1. The standard InChI is InChI=1S/C30H32BrFN4O4/c1-20-5-4-6-26(21(20)2)33-28(37)19-35-13-15-36(16-14-35)30(39)29(38)34(3)18-22-17-24(32)9-12-27(22)40-25-10-7-23(31)8-11-25/h4-12,17H,13-16,18-19H2,1-3H3,(H,33,37). The van der Waals surface area contributed by atoms with Crippen LogP contribution in [0.3, 0.4) is 0 Å². The minimum absolute atomic E-state index is 0.00723. The molecule has 1 aliphatic heterocycles. The molecule has 8 nitrogen and oxygen atoms in total. The summed E-state index contributed by atoms with van der Waals surface area (Å²) in [4.78, 5) is 43.2. The lowest BCUT2D eigenvalue weighted by Crippen LogP contribution is -2.53. The van der Waals surface area contributed by atoms with Gasteiger partial charge in [-0.3, -0.25) is 19.3 Å². The Morgan fingerprint density at radius 3 is 2.40 bits per heavy atom. The number of carbonyl (C=O) groups excluding carboxylic acids is 3. The number of likely N-dealkylation sites (N-methyl/N-ethyl adjacent to an activating group) is 1. The molecule has 1 heterocycles. The lowest BCUT2D eigenvalue weighted by Gasteiger charge is -2.34. The molecule has 210 valence electrons. The van der Waals surface area contributed by atoms with Gasteiger partial charge in [0.1, 0.15) is 17.3 Å². The molecule has 0 bridgehead atoms. The van der Waals surface area contributed by atoms with Crippen LogP contribution in [0.2, 0.25) is 0 Å². The van der Waals surface area contributed by atoms with E-state index in [4.69, 9.17) is 4.74 Å². The summed E-state index contributed by atoms with van der Waals surface area (Å²) in [5, 5.41) is 2.95. The van der Waals surface area contributed by atoms with Crippen LogP contribution in [0, 0.1) is 19.7 Å². The quantitative estimate of drug-likeness (QED) is 0.391. The molecule has 3 amide bonds. The maximum Gasteiger partial charge on any atom is 0.312 e. The fraction of sp³-hybridized carbons (Fsp3) is 0.300. The van der Waals surface area contributed by atoms with Crippen LogP contribution in [-0.2, 0) is 20.9 Å². The first-order valence-corrected chi connectivity index (χ1v) is 13.7. The average Bonchev–Trinajstić information content (AvgIpc) is 2.93. The van der Waals surface area contributed by atoms with Gasteiger partial charge in [0, 0.05) is 55.5 Å². The number of nitrogens with zero attached hydrogens (tertiary/aromatic N) is 3. The van der Waals surface area contributed by atoms with Crippen LogP contribution in [0.4, 0.5) is 10.1 Å². The Kier molecular flexibility index (Phi) is 9.54. The van der Waals surface area contributed by atoms with Gasteiger partial charge in [-0.15, -0.1) is 0 Å². The number of halogens is 2. The van der Waals surface area contributed by atoms with E-state index >= 15 is 0 Å². The summed E-state index contributed by atoms with van der Waals surface area (Å²) in [6, 6.07) is 17.0. The van der Waals surface area contributed by atoms with Gasteiger partial charge in [-0.25, -0.2) is 4.39 Å². The fourth-order valence-electron chi connectivity index (χ4n) is 4.42. The van der Waals surface area contributed by atoms with E-state index < -0.39 is 17.6 Å². The van der Waals surface area contributed by atoms with E-state index in [-0.39, 0.29) is 19.0 Å². The minimum Gasteiger partial charge on any atom is -0.457 e. The zero-order valence-corrected chi connectivity index (χ0v) is 24.3. The average molecular weight is 612 g/mol. The number of carbonyl (C=O) groups is 3. The Hall–Kier alpha value is -3.76. The molecule has 0 radical (unpaired) electrons. The van der Waals surface area contributed by atoms with Crippen molar-refractivity contribution in [2.75, 3.05) is 45.1 Å². The second-order valence-electron chi connectivity index (χ2n) is 9.83. The van der Waals surface area contributed by atoms with Crippen molar-refractivity contribution in [3.8, 4) is 11.5 Å². The van der Waals surface area contributed by atoms with Gasteiger partial charge in [0.2, 0.25) is 5.91 Å². The Balaban J connectivity index is 1.30. The van der Waals surface area contributed by atoms with Crippen LogP contribution in [0.15, 0.2) is 65.1 Å². The molecule has 0 aromatic heterocycles. The molecule has 3 aromatic rings. The van der Waals surface area contributed by atoms with E-state index in [0.717, 1.165) is 21.3 Å². The molecule has 1 fully saturated rings. The Bertz CT molecular complexity index is 1390. The van der Waals surface area contributed by atoms with Gasteiger partial charge in [-0.05, 0) is 73.5 Å². The van der Waals surface area contributed by atoms with Crippen LogP contribution in [0.1, 0.15) is 16.7 Å². The largest absolute Gasteiger partial charge is 0.457 e. The highest BCUT2D eigenvalue weighted by Gasteiger charge is 2.29. The van der Waals surface area contributed by atoms with Gasteiger partial charge < -0.3 is 19.9 Å². The summed E-state index contributed by atoms with van der Waals surface area (Å²) in [6.07, 6.45) is 0. The normalized spacial score (nSPS) is 13.6. The molecule has 10 heteroatoms. The molecule has 0 spiro atoms. The molecule has 0 unspecified atom stereocenters. The lowest BCUT2D eigenvalue weighted by atomic mass is 10.1. The van der Waals surface area contributed by atoms with Crippen molar-refractivity contribution in [2.45, 2.75) is 20.4 Å². The van der Waals surface area contributed by atoms with Crippen molar-refractivity contribution < 1.29 is 23.5 Å². The van der Waals surface area contributed by atoms with Gasteiger partial charge in [-0.1, -0.05) is 28.1 Å². The summed E-state index contributed by atoms with van der Waals surface area (Å²) >= 11 is 3.37. The molecular formula is C30H32BrFN4O4. The number of hydrogen-bond donors (Lipinski definition) is 1. The van der Waals surface area contributed by atoms with Crippen molar-refractivity contribution in [3.05, 3.63) is 87.6 Å². The Morgan fingerprint density at radius 1 is 1.00 bits per heavy atom. The summed E-state index contributed by atoms with van der Waals surface area (Å²) < 4.78 is 20.9. The van der Waals surface area contributed by atoms with Gasteiger partial charge in [-0.2, -0.15) is 0 Å². The van der Waals surface area contributed by atoms with Crippen molar-refractivity contribution in [1.29, 1.82) is 0 Å². The van der Waals surface area contributed by atoms with E-state index in [1.54, 1.807) is 12.1 Å². The number of benzene rings is 3.